The number of ether oxygens (including phenoxy) is 1. The highest BCUT2D eigenvalue weighted by atomic mass is 35.5. The molecule has 6 heterocycles. The first-order valence-electron chi connectivity index (χ1n) is 11.5. The molecule has 2 aliphatic rings. The number of pyridine rings is 3. The molecule has 2 N–H and O–H groups in total. The predicted octanol–water partition coefficient (Wildman–Crippen LogP) is 4.35. The molecule has 0 spiro atoms. The van der Waals surface area contributed by atoms with E-state index in [1.54, 1.807) is 12.3 Å². The number of aromatic amines is 2. The van der Waals surface area contributed by atoms with Gasteiger partial charge in [-0.15, -0.1) is 0 Å². The molecular formula is C24H24ClFN6O2. The Hall–Kier alpha value is -3.04. The summed E-state index contributed by atoms with van der Waals surface area (Å²) < 4.78 is 19.6. The van der Waals surface area contributed by atoms with Crippen molar-refractivity contribution in [2.45, 2.75) is 44.3 Å². The summed E-state index contributed by atoms with van der Waals surface area (Å²) in [5.41, 5.74) is 3.07. The van der Waals surface area contributed by atoms with Gasteiger partial charge in [-0.05, 0) is 31.9 Å². The van der Waals surface area contributed by atoms with Crippen molar-refractivity contribution in [1.29, 1.82) is 0 Å². The Morgan fingerprint density at radius 1 is 1.18 bits per heavy atom. The van der Waals surface area contributed by atoms with E-state index in [-0.39, 0.29) is 29.2 Å². The number of aromatic nitrogens is 5. The molecule has 0 amide bonds. The van der Waals surface area contributed by atoms with Crippen LogP contribution in [0.15, 0.2) is 29.2 Å². The van der Waals surface area contributed by atoms with Crippen molar-refractivity contribution in [2.75, 3.05) is 24.7 Å². The van der Waals surface area contributed by atoms with Crippen LogP contribution in [-0.2, 0) is 4.74 Å². The van der Waals surface area contributed by atoms with Crippen LogP contribution in [0.5, 0.6) is 0 Å². The van der Waals surface area contributed by atoms with Gasteiger partial charge in [-0.3, -0.25) is 9.78 Å². The van der Waals surface area contributed by atoms with E-state index in [1.807, 2.05) is 24.0 Å². The van der Waals surface area contributed by atoms with Crippen LogP contribution in [-0.4, -0.2) is 56.9 Å². The van der Waals surface area contributed by atoms with Crippen molar-refractivity contribution in [1.82, 2.24) is 24.9 Å². The van der Waals surface area contributed by atoms with E-state index >= 15 is 0 Å². The topological polar surface area (TPSA) is 99.8 Å². The smallest absolute Gasteiger partial charge is 0.259 e. The zero-order chi connectivity index (χ0) is 23.4. The maximum atomic E-state index is 14.1. The van der Waals surface area contributed by atoms with Crippen LogP contribution in [0.25, 0.3) is 33.3 Å². The number of hydrogen-bond donors (Lipinski definition) is 2. The molecule has 4 aromatic rings. The number of halogens is 2. The van der Waals surface area contributed by atoms with Crippen molar-refractivity contribution in [2.24, 2.45) is 0 Å². The Morgan fingerprint density at radius 2 is 2.00 bits per heavy atom. The summed E-state index contributed by atoms with van der Waals surface area (Å²) in [7, 11) is 0. The third kappa shape index (κ3) is 3.63. The fourth-order valence-electron chi connectivity index (χ4n) is 5.18. The highest BCUT2D eigenvalue weighted by Crippen LogP contribution is 2.35. The van der Waals surface area contributed by atoms with Gasteiger partial charge >= 0.3 is 0 Å². The fraction of sp³-hybridized carbons (Fsp3) is 0.417. The molecule has 10 heteroatoms. The van der Waals surface area contributed by atoms with Crippen molar-refractivity contribution >= 4 is 39.4 Å². The zero-order valence-electron chi connectivity index (χ0n) is 18.6. The molecule has 2 atom stereocenters. The first-order chi connectivity index (χ1) is 16.5. The van der Waals surface area contributed by atoms with E-state index in [0.29, 0.717) is 47.9 Å². The lowest BCUT2D eigenvalue weighted by atomic mass is 9.93. The second-order valence-electron chi connectivity index (χ2n) is 9.14. The van der Waals surface area contributed by atoms with Gasteiger partial charge in [0.05, 0.1) is 28.8 Å². The first kappa shape index (κ1) is 21.5. The minimum absolute atomic E-state index is 0.0264. The molecule has 2 aliphatic heterocycles. The van der Waals surface area contributed by atoms with Crippen LogP contribution >= 0.6 is 11.6 Å². The molecule has 176 valence electrons. The van der Waals surface area contributed by atoms with Crippen LogP contribution in [0.1, 0.15) is 37.8 Å². The van der Waals surface area contributed by atoms with Gasteiger partial charge in [0.25, 0.3) is 5.56 Å². The molecular weight excluding hydrogens is 459 g/mol. The number of nitrogens with zero attached hydrogens (tertiary/aromatic N) is 4. The molecule has 0 saturated carbocycles. The van der Waals surface area contributed by atoms with E-state index in [2.05, 4.69) is 19.9 Å². The van der Waals surface area contributed by atoms with Crippen LogP contribution in [0.2, 0.25) is 5.15 Å². The number of alkyl halides is 1. The largest absolute Gasteiger partial charge is 0.381 e. The Kier molecular flexibility index (Phi) is 5.26. The van der Waals surface area contributed by atoms with Crippen molar-refractivity contribution in [3.05, 3.63) is 45.6 Å². The van der Waals surface area contributed by atoms with Gasteiger partial charge < -0.3 is 19.6 Å². The van der Waals surface area contributed by atoms with E-state index < -0.39 is 6.17 Å². The molecule has 0 aromatic carbocycles. The summed E-state index contributed by atoms with van der Waals surface area (Å²) in [5.74, 6) is 1.21. The molecule has 34 heavy (non-hydrogen) atoms. The average molecular weight is 483 g/mol. The first-order valence-corrected chi connectivity index (χ1v) is 11.9. The molecule has 0 bridgehead atoms. The Balaban J connectivity index is 1.50. The van der Waals surface area contributed by atoms with Crippen molar-refractivity contribution in [3.63, 3.8) is 0 Å². The molecule has 0 radical (unpaired) electrons. The van der Waals surface area contributed by atoms with Crippen LogP contribution in [0.3, 0.4) is 0 Å². The van der Waals surface area contributed by atoms with Gasteiger partial charge in [-0.2, -0.15) is 0 Å². The van der Waals surface area contributed by atoms with Gasteiger partial charge in [-0.1, -0.05) is 11.6 Å². The lowest BCUT2D eigenvalue weighted by Crippen LogP contribution is -2.28. The Bertz CT molecular complexity index is 1450. The summed E-state index contributed by atoms with van der Waals surface area (Å²) in [6.07, 6.45) is 3.02. The third-order valence-corrected chi connectivity index (χ3v) is 7.07. The van der Waals surface area contributed by atoms with Gasteiger partial charge in [0.2, 0.25) is 0 Å². The molecule has 0 unspecified atom stereocenters. The minimum atomic E-state index is -0.927. The molecule has 2 fully saturated rings. The quantitative estimate of drug-likeness (QED) is 0.421. The van der Waals surface area contributed by atoms with E-state index in [4.69, 9.17) is 21.3 Å². The van der Waals surface area contributed by atoms with Crippen LogP contribution in [0, 0.1) is 0 Å². The maximum absolute atomic E-state index is 14.1. The number of rotatable bonds is 3. The normalized spacial score (nSPS) is 21.7. The third-order valence-electron chi connectivity index (χ3n) is 6.88. The number of nitrogens with one attached hydrogen (secondary N) is 2. The second-order valence-corrected chi connectivity index (χ2v) is 9.53. The van der Waals surface area contributed by atoms with Crippen LogP contribution in [0.4, 0.5) is 10.2 Å². The number of imidazole rings is 1. The predicted molar refractivity (Wildman–Crippen MR) is 129 cm³/mol. The van der Waals surface area contributed by atoms with Crippen LogP contribution < -0.4 is 10.5 Å². The van der Waals surface area contributed by atoms with E-state index in [1.165, 1.54) is 0 Å². The number of H-pyrrole nitrogens is 2. The molecule has 8 nitrogen and oxygen atoms in total. The van der Waals surface area contributed by atoms with Gasteiger partial charge in [0.1, 0.15) is 22.7 Å². The van der Waals surface area contributed by atoms with E-state index in [0.717, 1.165) is 29.4 Å². The fourth-order valence-corrected chi connectivity index (χ4v) is 5.37. The second kappa shape index (κ2) is 8.32. The lowest BCUT2D eigenvalue weighted by Gasteiger charge is -2.22. The molecule has 4 aromatic heterocycles. The summed E-state index contributed by atoms with van der Waals surface area (Å²) >= 11 is 6.29. The highest BCUT2D eigenvalue weighted by molar-refractivity contribution is 6.30. The summed E-state index contributed by atoms with van der Waals surface area (Å²) in [6.45, 7) is 3.60. The van der Waals surface area contributed by atoms with E-state index in [9.17, 15) is 9.18 Å². The summed E-state index contributed by atoms with van der Waals surface area (Å²) in [5, 5.41) is 1.18. The average Bonchev–Trinajstić information content (AvgIpc) is 3.40. The number of anilines is 1. The molecule has 0 aliphatic carbocycles. The molecule has 6 rings (SSSR count). The lowest BCUT2D eigenvalue weighted by molar-refractivity contribution is 0.0848. The summed E-state index contributed by atoms with van der Waals surface area (Å²) in [6, 6.07) is 5.32. The Labute approximate surface area is 199 Å². The van der Waals surface area contributed by atoms with Gasteiger partial charge in [0, 0.05) is 49.2 Å². The summed E-state index contributed by atoms with van der Waals surface area (Å²) in [4.78, 5) is 35.0. The monoisotopic (exact) mass is 482 g/mol. The number of hydrogen-bond acceptors (Lipinski definition) is 6. The number of fused-ring (bicyclic) bond motifs is 2. The highest BCUT2D eigenvalue weighted by Gasteiger charge is 2.32. The van der Waals surface area contributed by atoms with Gasteiger partial charge in [-0.25, -0.2) is 14.4 Å². The van der Waals surface area contributed by atoms with Crippen molar-refractivity contribution in [3.8, 4) is 11.4 Å². The zero-order valence-corrected chi connectivity index (χ0v) is 19.4. The minimum Gasteiger partial charge on any atom is -0.381 e. The molecule has 2 saturated heterocycles. The van der Waals surface area contributed by atoms with Gasteiger partial charge in [0.15, 0.2) is 5.82 Å². The standard InChI is InChI=1S/C24H24ClFN6O2/c1-12-8-14(26)11-32(12)23-21-18(10-19(25)30-23)28-22(31-21)16-9-15-17(29-24(16)33)2-5-27-20(15)13-3-6-34-7-4-13/h2,5,9-10,12-14H,3-4,6-8,11H2,1H3,(H,28,31)(H,29,33)/t12-,14-/m1/s1. The van der Waals surface area contributed by atoms with Crippen molar-refractivity contribution < 1.29 is 9.13 Å². The maximum Gasteiger partial charge on any atom is 0.259 e. The SMILES string of the molecule is C[C@@H]1C[C@@H](F)CN1c1nc(Cl)cc2[nH]c(-c3cc4c(C5CCOCC5)nccc4[nH]c3=O)nc12. The Morgan fingerprint density at radius 3 is 2.76 bits per heavy atom.